The van der Waals surface area contributed by atoms with Crippen molar-refractivity contribution < 1.29 is 19.1 Å². The summed E-state index contributed by atoms with van der Waals surface area (Å²) < 4.78 is 11.2. The fourth-order valence-electron chi connectivity index (χ4n) is 3.10. The quantitative estimate of drug-likeness (QED) is 0.510. The third-order valence-electron chi connectivity index (χ3n) is 4.49. The second-order valence-corrected chi connectivity index (χ2v) is 6.15. The zero-order valence-electron chi connectivity index (χ0n) is 15.1. The number of nitrogens with zero attached hydrogens (tertiary/aromatic N) is 1. The minimum Gasteiger partial charge on any atom is -0.497 e. The van der Waals surface area contributed by atoms with Crippen LogP contribution >= 0.6 is 0 Å². The summed E-state index contributed by atoms with van der Waals surface area (Å²) >= 11 is 0. The molecule has 3 aromatic carbocycles. The predicted molar refractivity (Wildman–Crippen MR) is 106 cm³/mol. The molecule has 5 nitrogen and oxygen atoms in total. The van der Waals surface area contributed by atoms with Gasteiger partial charge in [0.1, 0.15) is 5.75 Å². The van der Waals surface area contributed by atoms with E-state index in [4.69, 9.17) is 9.15 Å². The molecule has 0 fully saturated rings. The number of aromatic carboxylic acids is 1. The van der Waals surface area contributed by atoms with Crippen molar-refractivity contribution >= 4 is 5.97 Å². The highest BCUT2D eigenvalue weighted by Gasteiger charge is 2.17. The smallest absolute Gasteiger partial charge is 0.336 e. The summed E-state index contributed by atoms with van der Waals surface area (Å²) in [6.07, 6.45) is 1.66. The van der Waals surface area contributed by atoms with E-state index in [0.29, 0.717) is 17.2 Å². The first kappa shape index (κ1) is 17.5. The molecule has 4 aromatic rings. The number of carboxylic acid groups (broad SMARTS) is 1. The molecule has 0 aliphatic heterocycles. The van der Waals surface area contributed by atoms with Crippen LogP contribution in [0, 0.1) is 0 Å². The predicted octanol–water partition coefficient (Wildman–Crippen LogP) is 5.38. The molecule has 138 valence electrons. The van der Waals surface area contributed by atoms with Crippen LogP contribution in [0.1, 0.15) is 10.4 Å². The number of carbonyl (C=O) groups is 1. The van der Waals surface area contributed by atoms with Gasteiger partial charge in [-0.15, -0.1) is 0 Å². The van der Waals surface area contributed by atoms with Gasteiger partial charge in [0.15, 0.2) is 5.76 Å². The van der Waals surface area contributed by atoms with Gasteiger partial charge in [0.05, 0.1) is 18.9 Å². The van der Waals surface area contributed by atoms with Crippen molar-refractivity contribution in [2.24, 2.45) is 0 Å². The highest BCUT2D eigenvalue weighted by Crippen LogP contribution is 2.35. The number of carboxylic acids is 1. The van der Waals surface area contributed by atoms with E-state index >= 15 is 0 Å². The van der Waals surface area contributed by atoms with Gasteiger partial charge >= 0.3 is 5.97 Å². The van der Waals surface area contributed by atoms with Crippen molar-refractivity contribution in [2.45, 2.75) is 0 Å². The van der Waals surface area contributed by atoms with Gasteiger partial charge in [0.2, 0.25) is 5.89 Å². The van der Waals surface area contributed by atoms with E-state index in [0.717, 1.165) is 22.4 Å². The van der Waals surface area contributed by atoms with Crippen LogP contribution in [0.25, 0.3) is 33.9 Å². The Morgan fingerprint density at radius 3 is 2.21 bits per heavy atom. The van der Waals surface area contributed by atoms with E-state index in [1.165, 1.54) is 0 Å². The van der Waals surface area contributed by atoms with E-state index in [1.807, 2.05) is 54.6 Å². The van der Waals surface area contributed by atoms with Crippen LogP contribution in [-0.2, 0) is 0 Å². The van der Waals surface area contributed by atoms with Crippen molar-refractivity contribution in [2.75, 3.05) is 7.11 Å². The van der Waals surface area contributed by atoms with Gasteiger partial charge in [-0.1, -0.05) is 36.4 Å². The minimum absolute atomic E-state index is 0.233. The Bertz CT molecular complexity index is 1130. The Balaban J connectivity index is 1.78. The first-order chi connectivity index (χ1) is 13.7. The SMILES string of the molecule is COc1ccc(-c2cnc(-c3ccccc3-c3ccccc3C(=O)O)o2)cc1. The molecule has 0 amide bonds. The molecule has 28 heavy (non-hydrogen) atoms. The van der Waals surface area contributed by atoms with Crippen molar-refractivity contribution in [3.05, 3.63) is 84.6 Å². The van der Waals surface area contributed by atoms with Crippen molar-refractivity contribution in [3.8, 4) is 39.7 Å². The molecule has 0 atom stereocenters. The number of methoxy groups -OCH3 is 1. The van der Waals surface area contributed by atoms with E-state index in [2.05, 4.69) is 4.98 Å². The monoisotopic (exact) mass is 371 g/mol. The molecule has 0 unspecified atom stereocenters. The third-order valence-corrected chi connectivity index (χ3v) is 4.49. The summed E-state index contributed by atoms with van der Waals surface area (Å²) in [5, 5.41) is 9.53. The molecule has 0 aliphatic carbocycles. The topological polar surface area (TPSA) is 72.6 Å². The summed E-state index contributed by atoms with van der Waals surface area (Å²) in [5.74, 6) is 0.844. The van der Waals surface area contributed by atoms with Crippen LogP contribution in [0.3, 0.4) is 0 Å². The summed E-state index contributed by atoms with van der Waals surface area (Å²) in [6.45, 7) is 0. The van der Waals surface area contributed by atoms with Crippen LogP contribution in [0.5, 0.6) is 5.75 Å². The molecule has 0 aliphatic rings. The average Bonchev–Trinajstić information content (AvgIpc) is 3.24. The van der Waals surface area contributed by atoms with Crippen LogP contribution in [0.4, 0.5) is 0 Å². The highest BCUT2D eigenvalue weighted by molar-refractivity contribution is 5.98. The maximum Gasteiger partial charge on any atom is 0.336 e. The maximum absolute atomic E-state index is 11.6. The Morgan fingerprint density at radius 2 is 1.54 bits per heavy atom. The molecule has 1 aromatic heterocycles. The van der Waals surface area contributed by atoms with Gasteiger partial charge < -0.3 is 14.3 Å². The number of rotatable bonds is 5. The molecule has 0 radical (unpaired) electrons. The number of hydrogen-bond acceptors (Lipinski definition) is 4. The number of benzene rings is 3. The Labute approximate surface area is 161 Å². The van der Waals surface area contributed by atoms with Crippen LogP contribution in [0.15, 0.2) is 83.4 Å². The molecule has 5 heteroatoms. The number of oxazole rings is 1. The van der Waals surface area contributed by atoms with Crippen LogP contribution in [-0.4, -0.2) is 23.2 Å². The Kier molecular flexibility index (Phi) is 4.64. The average molecular weight is 371 g/mol. The van der Waals surface area contributed by atoms with E-state index in [1.54, 1.807) is 31.5 Å². The third kappa shape index (κ3) is 3.25. The lowest BCUT2D eigenvalue weighted by atomic mass is 9.95. The normalized spacial score (nSPS) is 10.6. The Morgan fingerprint density at radius 1 is 0.893 bits per heavy atom. The van der Waals surface area contributed by atoms with Crippen molar-refractivity contribution in [3.63, 3.8) is 0 Å². The first-order valence-corrected chi connectivity index (χ1v) is 8.69. The molecular weight excluding hydrogens is 354 g/mol. The highest BCUT2D eigenvalue weighted by atomic mass is 16.5. The Hall–Kier alpha value is -3.86. The zero-order chi connectivity index (χ0) is 19.5. The molecule has 4 rings (SSSR count). The summed E-state index contributed by atoms with van der Waals surface area (Å²) in [7, 11) is 1.62. The fraction of sp³-hybridized carbons (Fsp3) is 0.0435. The van der Waals surface area contributed by atoms with Gasteiger partial charge in [-0.05, 0) is 47.5 Å². The molecule has 0 bridgehead atoms. The summed E-state index contributed by atoms with van der Waals surface area (Å²) in [5.41, 5.74) is 3.22. The lowest BCUT2D eigenvalue weighted by Gasteiger charge is -2.10. The van der Waals surface area contributed by atoms with Gasteiger partial charge in [-0.3, -0.25) is 0 Å². The van der Waals surface area contributed by atoms with E-state index < -0.39 is 5.97 Å². The summed E-state index contributed by atoms with van der Waals surface area (Å²) in [6, 6.07) is 21.9. The fourth-order valence-corrected chi connectivity index (χ4v) is 3.10. The molecule has 0 saturated carbocycles. The largest absolute Gasteiger partial charge is 0.497 e. The van der Waals surface area contributed by atoms with Gasteiger partial charge in [0, 0.05) is 11.1 Å². The lowest BCUT2D eigenvalue weighted by Crippen LogP contribution is -1.99. The number of aromatic nitrogens is 1. The molecule has 0 spiro atoms. The van der Waals surface area contributed by atoms with Crippen molar-refractivity contribution in [1.29, 1.82) is 0 Å². The van der Waals surface area contributed by atoms with Gasteiger partial charge in [0.25, 0.3) is 0 Å². The maximum atomic E-state index is 11.6. The molecular formula is C23H17NO4. The van der Waals surface area contributed by atoms with Crippen LogP contribution < -0.4 is 4.74 Å². The van der Waals surface area contributed by atoms with Crippen LogP contribution in [0.2, 0.25) is 0 Å². The minimum atomic E-state index is -0.975. The van der Waals surface area contributed by atoms with E-state index in [-0.39, 0.29) is 5.56 Å². The second kappa shape index (κ2) is 7.40. The zero-order valence-corrected chi connectivity index (χ0v) is 15.1. The van der Waals surface area contributed by atoms with E-state index in [9.17, 15) is 9.90 Å². The van der Waals surface area contributed by atoms with Gasteiger partial charge in [-0.2, -0.15) is 0 Å². The first-order valence-electron chi connectivity index (χ1n) is 8.69. The standard InChI is InChI=1S/C23H17NO4/c1-27-16-12-10-15(11-13-16)21-14-24-22(28-21)19-8-4-2-6-17(19)18-7-3-5-9-20(18)23(25)26/h2-14H,1H3,(H,25,26). The second-order valence-electron chi connectivity index (χ2n) is 6.15. The van der Waals surface area contributed by atoms with Crippen molar-refractivity contribution in [1.82, 2.24) is 4.98 Å². The van der Waals surface area contributed by atoms with Gasteiger partial charge in [-0.25, -0.2) is 9.78 Å². The number of ether oxygens (including phenoxy) is 1. The number of hydrogen-bond donors (Lipinski definition) is 1. The lowest BCUT2D eigenvalue weighted by molar-refractivity contribution is 0.0697. The molecule has 0 saturated heterocycles. The molecule has 1 heterocycles. The molecule has 1 N–H and O–H groups in total. The summed E-state index contributed by atoms with van der Waals surface area (Å²) in [4.78, 5) is 16.1.